The Balaban J connectivity index is 1.78. The lowest BCUT2D eigenvalue weighted by molar-refractivity contribution is -0.130. The molecule has 0 aliphatic heterocycles. The maximum Gasteiger partial charge on any atom is 0.349 e. The van der Waals surface area contributed by atoms with Gasteiger partial charge in [0.15, 0.2) is 0 Å². The average Bonchev–Trinajstić information content (AvgIpc) is 3.15. The van der Waals surface area contributed by atoms with Crippen molar-refractivity contribution >= 4 is 23.2 Å². The third kappa shape index (κ3) is 3.49. The number of amides is 1. The van der Waals surface area contributed by atoms with Crippen molar-refractivity contribution in [3.05, 3.63) is 58.3 Å². The highest BCUT2D eigenvalue weighted by atomic mass is 32.1. The lowest BCUT2D eigenvalue weighted by Gasteiger charge is -2.17. The van der Waals surface area contributed by atoms with Crippen molar-refractivity contribution in [1.82, 2.24) is 5.32 Å². The maximum atomic E-state index is 12.3. The number of hydrogen-bond acceptors (Lipinski definition) is 4. The van der Waals surface area contributed by atoms with Gasteiger partial charge in [-0.3, -0.25) is 4.79 Å². The molecule has 1 amide bonds. The number of rotatable bonds is 5. The average molecular weight is 301 g/mol. The summed E-state index contributed by atoms with van der Waals surface area (Å²) in [5.74, 6) is -0.724. The van der Waals surface area contributed by atoms with Gasteiger partial charge in [-0.05, 0) is 24.3 Å². The molecule has 1 aliphatic rings. The fraction of sp³-hybridized carbons (Fsp3) is 0.250. The molecule has 0 saturated heterocycles. The molecule has 1 aliphatic carbocycles. The highest BCUT2D eigenvalue weighted by Crippen LogP contribution is 2.24. The van der Waals surface area contributed by atoms with Crippen molar-refractivity contribution in [3.63, 3.8) is 0 Å². The first kappa shape index (κ1) is 13.8. The van der Waals surface area contributed by atoms with E-state index < -0.39 is 12.1 Å². The fourth-order valence-corrected chi connectivity index (χ4v) is 2.57. The first-order valence-electron chi connectivity index (χ1n) is 6.84. The van der Waals surface area contributed by atoms with E-state index in [0.29, 0.717) is 10.4 Å². The van der Waals surface area contributed by atoms with Gasteiger partial charge in [-0.1, -0.05) is 36.4 Å². The molecule has 0 unspecified atom stereocenters. The zero-order valence-electron chi connectivity index (χ0n) is 11.3. The summed E-state index contributed by atoms with van der Waals surface area (Å²) < 4.78 is 5.43. The van der Waals surface area contributed by atoms with Crippen molar-refractivity contribution in [2.45, 2.75) is 25.0 Å². The Labute approximate surface area is 126 Å². The molecule has 4 nitrogen and oxygen atoms in total. The van der Waals surface area contributed by atoms with Crippen molar-refractivity contribution < 1.29 is 14.3 Å². The van der Waals surface area contributed by atoms with E-state index in [1.165, 1.54) is 11.3 Å². The topological polar surface area (TPSA) is 55.4 Å². The van der Waals surface area contributed by atoms with Crippen LogP contribution in [0.15, 0.2) is 47.8 Å². The van der Waals surface area contributed by atoms with E-state index in [1.807, 2.05) is 18.2 Å². The van der Waals surface area contributed by atoms with E-state index in [4.69, 9.17) is 4.74 Å². The Morgan fingerprint density at radius 2 is 1.90 bits per heavy atom. The van der Waals surface area contributed by atoms with Gasteiger partial charge in [0, 0.05) is 11.6 Å². The summed E-state index contributed by atoms with van der Waals surface area (Å²) >= 11 is 1.30. The van der Waals surface area contributed by atoms with Crippen LogP contribution in [0.1, 0.15) is 34.2 Å². The zero-order chi connectivity index (χ0) is 14.7. The number of thiophene rings is 1. The molecule has 1 aromatic heterocycles. The molecule has 0 bridgehead atoms. The fourth-order valence-electron chi connectivity index (χ4n) is 1.97. The minimum Gasteiger partial charge on any atom is -0.443 e. The van der Waals surface area contributed by atoms with Crippen LogP contribution < -0.4 is 5.32 Å². The van der Waals surface area contributed by atoms with Gasteiger partial charge >= 0.3 is 5.97 Å². The Morgan fingerprint density at radius 3 is 2.52 bits per heavy atom. The molecule has 1 N–H and O–H groups in total. The number of carbonyl (C=O) groups is 2. The highest BCUT2D eigenvalue weighted by Gasteiger charge is 2.31. The van der Waals surface area contributed by atoms with Crippen LogP contribution in [0.3, 0.4) is 0 Å². The number of ether oxygens (including phenoxy) is 1. The van der Waals surface area contributed by atoms with Crippen LogP contribution in [0.25, 0.3) is 0 Å². The minimum absolute atomic E-state index is 0.226. The van der Waals surface area contributed by atoms with Gasteiger partial charge < -0.3 is 10.1 Å². The Morgan fingerprint density at radius 1 is 1.14 bits per heavy atom. The lowest BCUT2D eigenvalue weighted by atomic mass is 10.1. The van der Waals surface area contributed by atoms with Crippen LogP contribution in [-0.4, -0.2) is 17.9 Å². The zero-order valence-corrected chi connectivity index (χ0v) is 12.1. The summed E-state index contributed by atoms with van der Waals surface area (Å²) in [4.78, 5) is 24.9. The Hall–Kier alpha value is -2.14. The largest absolute Gasteiger partial charge is 0.443 e. The van der Waals surface area contributed by atoms with Gasteiger partial charge in [-0.2, -0.15) is 0 Å². The summed E-state index contributed by atoms with van der Waals surface area (Å²) in [6, 6.07) is 12.8. The predicted molar refractivity (Wildman–Crippen MR) is 80.1 cm³/mol. The SMILES string of the molecule is O=C(O[C@@H](C(=O)NC1CC1)c1ccccc1)c1cccs1. The molecule has 1 fully saturated rings. The molecule has 1 atom stereocenters. The molecule has 0 spiro atoms. The van der Waals surface area contributed by atoms with Crippen LogP contribution in [0.4, 0.5) is 0 Å². The molecule has 2 aromatic rings. The first-order chi connectivity index (χ1) is 10.2. The van der Waals surface area contributed by atoms with Crippen LogP contribution >= 0.6 is 11.3 Å². The molecule has 5 heteroatoms. The van der Waals surface area contributed by atoms with E-state index in [0.717, 1.165) is 12.8 Å². The van der Waals surface area contributed by atoms with Gasteiger partial charge in [0.2, 0.25) is 6.10 Å². The van der Waals surface area contributed by atoms with Gasteiger partial charge in [0.05, 0.1) is 0 Å². The van der Waals surface area contributed by atoms with E-state index in [-0.39, 0.29) is 11.9 Å². The maximum absolute atomic E-state index is 12.3. The summed E-state index contributed by atoms with van der Waals surface area (Å²) in [6.07, 6.45) is 1.08. The molecule has 0 radical (unpaired) electrons. The molecular weight excluding hydrogens is 286 g/mol. The normalized spacial score (nSPS) is 15.2. The third-order valence-corrected chi connectivity index (χ3v) is 4.06. The van der Waals surface area contributed by atoms with E-state index in [9.17, 15) is 9.59 Å². The Bertz CT molecular complexity index is 620. The molecule has 1 saturated carbocycles. The molecule has 108 valence electrons. The highest BCUT2D eigenvalue weighted by molar-refractivity contribution is 7.11. The standard InChI is InChI=1S/C16H15NO3S/c18-15(17-12-8-9-12)14(11-5-2-1-3-6-11)20-16(19)13-7-4-10-21-13/h1-7,10,12,14H,8-9H2,(H,17,18)/t14-/m1/s1. The first-order valence-corrected chi connectivity index (χ1v) is 7.72. The molecule has 1 aromatic carbocycles. The van der Waals surface area contributed by atoms with E-state index >= 15 is 0 Å². The van der Waals surface area contributed by atoms with Gasteiger partial charge in [0.25, 0.3) is 5.91 Å². The van der Waals surface area contributed by atoms with Crippen LogP contribution in [0.2, 0.25) is 0 Å². The summed E-state index contributed by atoms with van der Waals surface area (Å²) in [6.45, 7) is 0. The molecule has 3 rings (SSSR count). The molecule has 21 heavy (non-hydrogen) atoms. The summed E-state index contributed by atoms with van der Waals surface area (Å²) in [7, 11) is 0. The number of carbonyl (C=O) groups excluding carboxylic acids is 2. The van der Waals surface area contributed by atoms with Crippen molar-refractivity contribution in [2.24, 2.45) is 0 Å². The Kier molecular flexibility index (Phi) is 4.01. The number of hydrogen-bond donors (Lipinski definition) is 1. The number of esters is 1. The second-order valence-electron chi connectivity index (χ2n) is 4.96. The second kappa shape index (κ2) is 6.10. The summed E-state index contributed by atoms with van der Waals surface area (Å²) in [5, 5.41) is 4.69. The van der Waals surface area contributed by atoms with Crippen LogP contribution in [-0.2, 0) is 9.53 Å². The second-order valence-corrected chi connectivity index (χ2v) is 5.90. The van der Waals surface area contributed by atoms with Crippen molar-refractivity contribution in [1.29, 1.82) is 0 Å². The smallest absolute Gasteiger partial charge is 0.349 e. The minimum atomic E-state index is -0.901. The van der Waals surface area contributed by atoms with Crippen LogP contribution in [0, 0.1) is 0 Å². The van der Waals surface area contributed by atoms with E-state index in [1.54, 1.807) is 29.6 Å². The van der Waals surface area contributed by atoms with Gasteiger partial charge in [-0.25, -0.2) is 4.79 Å². The number of nitrogens with one attached hydrogen (secondary N) is 1. The quantitative estimate of drug-likeness (QED) is 0.864. The van der Waals surface area contributed by atoms with Crippen molar-refractivity contribution in [2.75, 3.05) is 0 Å². The number of benzene rings is 1. The predicted octanol–water partition coefficient (Wildman–Crippen LogP) is 2.92. The molecular formula is C16H15NO3S. The monoisotopic (exact) mass is 301 g/mol. The van der Waals surface area contributed by atoms with Crippen LogP contribution in [0.5, 0.6) is 0 Å². The van der Waals surface area contributed by atoms with Gasteiger partial charge in [0.1, 0.15) is 4.88 Å². The van der Waals surface area contributed by atoms with Gasteiger partial charge in [-0.15, -0.1) is 11.3 Å². The lowest BCUT2D eigenvalue weighted by Crippen LogP contribution is -2.33. The molecule has 1 heterocycles. The summed E-state index contributed by atoms with van der Waals surface area (Å²) in [5.41, 5.74) is 0.681. The van der Waals surface area contributed by atoms with E-state index in [2.05, 4.69) is 5.32 Å². The third-order valence-electron chi connectivity index (χ3n) is 3.21. The van der Waals surface area contributed by atoms with Crippen molar-refractivity contribution in [3.8, 4) is 0 Å².